The molecule has 2 amide bonds. The van der Waals surface area contributed by atoms with E-state index in [4.69, 9.17) is 21.1 Å². The van der Waals surface area contributed by atoms with Crippen molar-refractivity contribution in [2.24, 2.45) is 0 Å². The lowest BCUT2D eigenvalue weighted by Gasteiger charge is -2.12. The van der Waals surface area contributed by atoms with Crippen molar-refractivity contribution in [2.45, 2.75) is 6.61 Å². The minimum absolute atomic E-state index is 0.180. The van der Waals surface area contributed by atoms with Gasteiger partial charge < -0.3 is 9.47 Å². The van der Waals surface area contributed by atoms with Crippen molar-refractivity contribution in [1.82, 2.24) is 4.90 Å². The van der Waals surface area contributed by atoms with Crippen LogP contribution in [0, 0.1) is 11.3 Å². The van der Waals surface area contributed by atoms with Crippen LogP contribution in [0.15, 0.2) is 45.8 Å². The van der Waals surface area contributed by atoms with E-state index in [1.807, 2.05) is 12.1 Å². The second-order valence-corrected chi connectivity index (χ2v) is 8.45. The van der Waals surface area contributed by atoms with Crippen molar-refractivity contribution in [2.75, 3.05) is 20.3 Å². The van der Waals surface area contributed by atoms with E-state index in [1.54, 1.807) is 30.3 Å². The molecule has 0 aromatic heterocycles. The Morgan fingerprint density at radius 3 is 2.77 bits per heavy atom. The Labute approximate surface area is 191 Å². The minimum Gasteiger partial charge on any atom is -0.486 e. The summed E-state index contributed by atoms with van der Waals surface area (Å²) >= 11 is 10.7. The fraction of sp³-hybridized carbons (Fsp3) is 0.190. The smallest absolute Gasteiger partial charge is 0.293 e. The highest BCUT2D eigenvalue weighted by atomic mass is 79.9. The molecule has 30 heavy (non-hydrogen) atoms. The van der Waals surface area contributed by atoms with Gasteiger partial charge in [0.05, 0.1) is 39.2 Å². The van der Waals surface area contributed by atoms with E-state index in [-0.39, 0.29) is 30.9 Å². The van der Waals surface area contributed by atoms with Gasteiger partial charge in [-0.3, -0.25) is 14.5 Å². The second-order valence-electron chi connectivity index (χ2n) is 6.20. The van der Waals surface area contributed by atoms with Crippen LogP contribution in [0.25, 0.3) is 6.08 Å². The highest BCUT2D eigenvalue weighted by molar-refractivity contribution is 9.10. The molecule has 0 N–H and O–H groups in total. The molecule has 0 atom stereocenters. The van der Waals surface area contributed by atoms with Crippen LogP contribution in [0.3, 0.4) is 0 Å². The van der Waals surface area contributed by atoms with Crippen molar-refractivity contribution >= 4 is 56.5 Å². The summed E-state index contributed by atoms with van der Waals surface area (Å²) in [5.41, 5.74) is 1.93. The average Bonchev–Trinajstić information content (AvgIpc) is 2.98. The van der Waals surface area contributed by atoms with Crippen LogP contribution < -0.4 is 4.74 Å². The van der Waals surface area contributed by atoms with Crippen molar-refractivity contribution in [3.8, 4) is 11.8 Å². The predicted octanol–water partition coefficient (Wildman–Crippen LogP) is 5.24. The number of hydrogen-bond acceptors (Lipinski definition) is 6. The highest BCUT2D eigenvalue weighted by Gasteiger charge is 2.34. The number of ether oxygens (including phenoxy) is 2. The van der Waals surface area contributed by atoms with Crippen molar-refractivity contribution < 1.29 is 19.1 Å². The van der Waals surface area contributed by atoms with E-state index in [0.717, 1.165) is 22.2 Å². The summed E-state index contributed by atoms with van der Waals surface area (Å²) in [5, 5.41) is 9.20. The molecule has 1 aliphatic rings. The second kappa shape index (κ2) is 10.1. The number of imide groups is 1. The van der Waals surface area contributed by atoms with Gasteiger partial charge in [0.25, 0.3) is 11.1 Å². The van der Waals surface area contributed by atoms with E-state index >= 15 is 0 Å². The molecule has 1 saturated heterocycles. The first kappa shape index (κ1) is 22.4. The third-order valence-corrected chi connectivity index (χ3v) is 6.00. The van der Waals surface area contributed by atoms with Gasteiger partial charge in [0.15, 0.2) is 5.75 Å². The lowest BCUT2D eigenvalue weighted by atomic mass is 10.1. The quantitative estimate of drug-likeness (QED) is 0.477. The summed E-state index contributed by atoms with van der Waals surface area (Å²) in [5.74, 6) is 0.0671. The van der Waals surface area contributed by atoms with Crippen molar-refractivity contribution in [1.29, 1.82) is 5.26 Å². The third kappa shape index (κ3) is 5.05. The number of thioether (sulfide) groups is 1. The summed E-state index contributed by atoms with van der Waals surface area (Å²) < 4.78 is 11.4. The number of nitriles is 1. The van der Waals surface area contributed by atoms with E-state index < -0.39 is 0 Å². The van der Waals surface area contributed by atoms with Gasteiger partial charge in [0.1, 0.15) is 6.61 Å². The Kier molecular flexibility index (Phi) is 7.56. The number of rotatable bonds is 7. The number of carbonyl (C=O) groups excluding carboxylic acids is 2. The van der Waals surface area contributed by atoms with E-state index in [0.29, 0.717) is 31.3 Å². The van der Waals surface area contributed by atoms with Gasteiger partial charge in [-0.25, -0.2) is 0 Å². The number of halogens is 2. The van der Waals surface area contributed by atoms with Gasteiger partial charge in [-0.05, 0) is 57.5 Å². The first-order valence-corrected chi connectivity index (χ1v) is 10.8. The predicted molar refractivity (Wildman–Crippen MR) is 119 cm³/mol. The zero-order chi connectivity index (χ0) is 21.7. The summed E-state index contributed by atoms with van der Waals surface area (Å²) in [7, 11) is 1.51. The number of carbonyl (C=O) groups is 2. The molecule has 2 aromatic carbocycles. The summed E-state index contributed by atoms with van der Waals surface area (Å²) in [6, 6.07) is 12.7. The Bertz CT molecular complexity index is 1040. The Morgan fingerprint density at radius 1 is 1.30 bits per heavy atom. The topological polar surface area (TPSA) is 79.6 Å². The number of amides is 2. The van der Waals surface area contributed by atoms with Crippen LogP contribution >= 0.6 is 39.3 Å². The number of methoxy groups -OCH3 is 1. The Morgan fingerprint density at radius 2 is 2.07 bits per heavy atom. The van der Waals surface area contributed by atoms with Crippen LogP contribution in [-0.2, 0) is 16.1 Å². The molecule has 0 aliphatic carbocycles. The van der Waals surface area contributed by atoms with Crippen LogP contribution in [0.4, 0.5) is 4.79 Å². The van der Waals surface area contributed by atoms with Crippen LogP contribution in [0.1, 0.15) is 16.7 Å². The molecule has 0 unspecified atom stereocenters. The van der Waals surface area contributed by atoms with E-state index in [1.165, 1.54) is 7.11 Å². The number of hydrogen-bond donors (Lipinski definition) is 0. The van der Waals surface area contributed by atoms with E-state index in [9.17, 15) is 14.9 Å². The first-order chi connectivity index (χ1) is 14.4. The first-order valence-electron chi connectivity index (χ1n) is 8.78. The normalized spacial score (nSPS) is 15.0. The van der Waals surface area contributed by atoms with Crippen LogP contribution in [0.5, 0.6) is 5.75 Å². The fourth-order valence-corrected chi connectivity index (χ4v) is 4.59. The number of benzene rings is 2. The van der Waals surface area contributed by atoms with Gasteiger partial charge in [-0.2, -0.15) is 5.26 Å². The van der Waals surface area contributed by atoms with Gasteiger partial charge in [0, 0.05) is 12.7 Å². The van der Waals surface area contributed by atoms with Crippen LogP contribution in [0.2, 0.25) is 5.02 Å². The molecule has 2 aromatic rings. The zero-order valence-corrected chi connectivity index (χ0v) is 19.0. The minimum atomic E-state index is -0.359. The van der Waals surface area contributed by atoms with Gasteiger partial charge in [-0.1, -0.05) is 29.8 Å². The van der Waals surface area contributed by atoms with Gasteiger partial charge >= 0.3 is 0 Å². The fourth-order valence-electron chi connectivity index (χ4n) is 2.73. The molecule has 3 rings (SSSR count). The summed E-state index contributed by atoms with van der Waals surface area (Å²) in [6.45, 7) is 0.670. The van der Waals surface area contributed by atoms with Gasteiger partial charge in [-0.15, -0.1) is 0 Å². The highest BCUT2D eigenvalue weighted by Crippen LogP contribution is 2.38. The maximum absolute atomic E-state index is 12.4. The molecule has 0 bridgehead atoms. The maximum Gasteiger partial charge on any atom is 0.293 e. The molecule has 0 spiro atoms. The third-order valence-electron chi connectivity index (χ3n) is 4.22. The van der Waals surface area contributed by atoms with Crippen molar-refractivity contribution in [3.05, 3.63) is 67.5 Å². The molecular weight excluding hydrogens is 492 g/mol. The molecular formula is C21H16BrClN2O4S. The molecule has 0 radical (unpaired) electrons. The molecule has 154 valence electrons. The summed E-state index contributed by atoms with van der Waals surface area (Å²) in [4.78, 5) is 26.0. The molecule has 1 aliphatic heterocycles. The Hall–Kier alpha value is -2.31. The Balaban J connectivity index is 1.78. The van der Waals surface area contributed by atoms with Gasteiger partial charge in [0.2, 0.25) is 0 Å². The molecule has 1 heterocycles. The standard InChI is InChI=1S/C21H16BrClN2O4S/c1-28-7-6-25-20(26)18(30-21(25)27)10-13-8-16(22)19(17(23)9-13)29-12-15-5-3-2-4-14(15)11-24/h2-5,8-10H,6-7,12H2,1H3/b18-10+. The molecule has 6 nitrogen and oxygen atoms in total. The van der Waals surface area contributed by atoms with Crippen LogP contribution in [-0.4, -0.2) is 36.3 Å². The molecule has 0 saturated carbocycles. The molecule has 9 heteroatoms. The lowest BCUT2D eigenvalue weighted by molar-refractivity contribution is -0.123. The van der Waals surface area contributed by atoms with Crippen molar-refractivity contribution in [3.63, 3.8) is 0 Å². The largest absolute Gasteiger partial charge is 0.486 e. The maximum atomic E-state index is 12.4. The molecule has 1 fully saturated rings. The van der Waals surface area contributed by atoms with E-state index in [2.05, 4.69) is 22.0 Å². The average molecular weight is 508 g/mol. The number of nitrogens with zero attached hydrogens (tertiary/aromatic N) is 2. The SMILES string of the molecule is COCCN1C(=O)S/C(=C/c2cc(Cl)c(OCc3ccccc3C#N)c(Br)c2)C1=O. The summed E-state index contributed by atoms with van der Waals surface area (Å²) in [6.07, 6.45) is 1.61. The zero-order valence-electron chi connectivity index (χ0n) is 15.9. The monoisotopic (exact) mass is 506 g/mol. The lowest BCUT2D eigenvalue weighted by Crippen LogP contribution is -2.31.